The van der Waals surface area contributed by atoms with Crippen LogP contribution in [-0.4, -0.2) is 51.0 Å². The minimum atomic E-state index is -0.748. The Labute approximate surface area is 209 Å². The van der Waals surface area contributed by atoms with E-state index in [0.29, 0.717) is 40.8 Å². The van der Waals surface area contributed by atoms with Crippen LogP contribution in [0.3, 0.4) is 0 Å². The molecule has 3 N–H and O–H groups in total. The summed E-state index contributed by atoms with van der Waals surface area (Å²) in [5.41, 5.74) is 3.35. The van der Waals surface area contributed by atoms with Crippen molar-refractivity contribution in [2.24, 2.45) is 0 Å². The summed E-state index contributed by atoms with van der Waals surface area (Å²) in [7, 11) is 1.71. The fourth-order valence-corrected chi connectivity index (χ4v) is 4.39. The highest BCUT2D eigenvalue weighted by molar-refractivity contribution is 6.33. The van der Waals surface area contributed by atoms with Crippen molar-refractivity contribution in [3.05, 3.63) is 76.4 Å². The van der Waals surface area contributed by atoms with Crippen LogP contribution in [0.1, 0.15) is 47.8 Å². The molecule has 2 aromatic carbocycles. The van der Waals surface area contributed by atoms with E-state index in [2.05, 4.69) is 20.6 Å². The van der Waals surface area contributed by atoms with Crippen LogP contribution in [0.25, 0.3) is 11.3 Å². The van der Waals surface area contributed by atoms with Crippen LogP contribution >= 0.6 is 11.6 Å². The molecule has 182 valence electrons. The van der Waals surface area contributed by atoms with Gasteiger partial charge in [-0.2, -0.15) is 0 Å². The van der Waals surface area contributed by atoms with Gasteiger partial charge in [-0.1, -0.05) is 61.0 Å². The van der Waals surface area contributed by atoms with E-state index in [1.54, 1.807) is 20.0 Å². The van der Waals surface area contributed by atoms with E-state index in [9.17, 15) is 14.7 Å². The van der Waals surface area contributed by atoms with E-state index in [1.165, 1.54) is 11.1 Å². The summed E-state index contributed by atoms with van der Waals surface area (Å²) in [4.78, 5) is 36.5. The molecule has 0 saturated heterocycles. The summed E-state index contributed by atoms with van der Waals surface area (Å²) in [5, 5.41) is 16.7. The Morgan fingerprint density at radius 3 is 2.66 bits per heavy atom. The Bertz CT molecular complexity index is 1240. The van der Waals surface area contributed by atoms with Gasteiger partial charge in [0.25, 0.3) is 5.91 Å². The second kappa shape index (κ2) is 10.4. The number of aromatic nitrogens is 2. The quantitative estimate of drug-likeness (QED) is 0.440. The van der Waals surface area contributed by atoms with Crippen molar-refractivity contribution in [3.8, 4) is 11.3 Å². The highest BCUT2D eigenvalue weighted by Crippen LogP contribution is 2.32. The highest BCUT2D eigenvalue weighted by atomic mass is 35.5. The van der Waals surface area contributed by atoms with E-state index in [4.69, 9.17) is 11.6 Å². The first-order valence-electron chi connectivity index (χ1n) is 11.5. The average molecular weight is 494 g/mol. The fraction of sp³-hybridized carbons (Fsp3) is 0.308. The zero-order valence-electron chi connectivity index (χ0n) is 19.8. The molecule has 4 rings (SSSR count). The van der Waals surface area contributed by atoms with Crippen LogP contribution in [0.2, 0.25) is 5.02 Å². The monoisotopic (exact) mass is 493 g/mol. The Kier molecular flexibility index (Phi) is 7.33. The molecule has 9 heteroatoms. The molecule has 0 fully saturated rings. The number of rotatable bonds is 8. The number of aliphatic hydroxyl groups excluding tert-OH is 1. The number of carbonyl (C=O) groups excluding carboxylic acids is 2. The molecule has 1 aliphatic rings. The summed E-state index contributed by atoms with van der Waals surface area (Å²) in [6.45, 7) is 3.87. The number of benzene rings is 2. The number of anilines is 1. The number of hydrogen-bond acceptors (Lipinski definition) is 6. The summed E-state index contributed by atoms with van der Waals surface area (Å²) in [6.07, 6.45) is 1.24. The van der Waals surface area contributed by atoms with Gasteiger partial charge in [0.15, 0.2) is 0 Å². The summed E-state index contributed by atoms with van der Waals surface area (Å²) in [6, 6.07) is 13.5. The lowest BCUT2D eigenvalue weighted by molar-refractivity contribution is -0.126. The van der Waals surface area contributed by atoms with Crippen LogP contribution in [-0.2, 0) is 11.3 Å². The van der Waals surface area contributed by atoms with Gasteiger partial charge in [-0.3, -0.25) is 9.59 Å². The SMILES string of the molecule is CCC(O)C(NC(=O)C(C)N1Cc2ccc(-c3nc(NC)ncc3Cl)cc2C1=O)c1ccccc1. The molecule has 3 atom stereocenters. The third-order valence-corrected chi connectivity index (χ3v) is 6.57. The Hall–Kier alpha value is -3.49. The first kappa shape index (κ1) is 24.6. The third kappa shape index (κ3) is 4.99. The molecule has 2 heterocycles. The van der Waals surface area contributed by atoms with Crippen LogP contribution in [0.15, 0.2) is 54.7 Å². The van der Waals surface area contributed by atoms with Crippen LogP contribution in [0.5, 0.6) is 0 Å². The molecule has 0 radical (unpaired) electrons. The lowest BCUT2D eigenvalue weighted by Crippen LogP contribution is -2.48. The molecule has 0 saturated carbocycles. The molecule has 35 heavy (non-hydrogen) atoms. The molecular weight excluding hydrogens is 466 g/mol. The van der Waals surface area contributed by atoms with E-state index in [1.807, 2.05) is 49.4 Å². The molecule has 1 aromatic heterocycles. The summed E-state index contributed by atoms with van der Waals surface area (Å²) >= 11 is 6.31. The normalized spacial score (nSPS) is 15.3. The molecule has 3 aromatic rings. The molecular formula is C26H28ClN5O3. The number of halogens is 1. The number of nitrogens with zero attached hydrogens (tertiary/aromatic N) is 3. The average Bonchev–Trinajstić information content (AvgIpc) is 3.22. The summed E-state index contributed by atoms with van der Waals surface area (Å²) < 4.78 is 0. The second-order valence-electron chi connectivity index (χ2n) is 8.49. The lowest BCUT2D eigenvalue weighted by Gasteiger charge is -2.28. The zero-order chi connectivity index (χ0) is 25.1. The Balaban J connectivity index is 1.54. The van der Waals surface area contributed by atoms with Gasteiger partial charge in [0, 0.05) is 24.7 Å². The van der Waals surface area contributed by atoms with Crippen LogP contribution < -0.4 is 10.6 Å². The minimum Gasteiger partial charge on any atom is -0.391 e. The van der Waals surface area contributed by atoms with Crippen LogP contribution in [0, 0.1) is 0 Å². The number of carbonyl (C=O) groups is 2. The van der Waals surface area contributed by atoms with E-state index in [0.717, 1.165) is 11.1 Å². The molecule has 0 bridgehead atoms. The van der Waals surface area contributed by atoms with E-state index in [-0.39, 0.29) is 11.8 Å². The number of fused-ring (bicyclic) bond motifs is 1. The maximum absolute atomic E-state index is 13.3. The Morgan fingerprint density at radius 1 is 1.23 bits per heavy atom. The first-order valence-corrected chi connectivity index (χ1v) is 11.9. The van der Waals surface area contributed by atoms with Crippen molar-refractivity contribution in [2.45, 2.75) is 45.0 Å². The van der Waals surface area contributed by atoms with Gasteiger partial charge in [-0.15, -0.1) is 0 Å². The second-order valence-corrected chi connectivity index (χ2v) is 8.90. The topological polar surface area (TPSA) is 107 Å². The van der Waals surface area contributed by atoms with Crippen LogP contribution in [0.4, 0.5) is 5.95 Å². The highest BCUT2D eigenvalue weighted by Gasteiger charge is 2.35. The largest absolute Gasteiger partial charge is 0.391 e. The van der Waals surface area contributed by atoms with Gasteiger partial charge in [0.2, 0.25) is 11.9 Å². The van der Waals surface area contributed by atoms with Gasteiger partial charge in [0.1, 0.15) is 6.04 Å². The smallest absolute Gasteiger partial charge is 0.255 e. The molecule has 8 nitrogen and oxygen atoms in total. The molecule has 2 amide bonds. The number of aliphatic hydroxyl groups is 1. The summed E-state index contributed by atoms with van der Waals surface area (Å²) in [5.74, 6) is -0.147. The van der Waals surface area contributed by atoms with E-state index < -0.39 is 18.2 Å². The van der Waals surface area contributed by atoms with Gasteiger partial charge < -0.3 is 20.6 Å². The Morgan fingerprint density at radius 2 is 1.97 bits per heavy atom. The maximum Gasteiger partial charge on any atom is 0.255 e. The number of amides is 2. The molecule has 0 aliphatic carbocycles. The maximum atomic E-state index is 13.3. The van der Waals surface area contributed by atoms with E-state index >= 15 is 0 Å². The van der Waals surface area contributed by atoms with Crippen molar-refractivity contribution in [1.82, 2.24) is 20.2 Å². The first-order chi connectivity index (χ1) is 16.8. The van der Waals surface area contributed by atoms with Crippen molar-refractivity contribution in [3.63, 3.8) is 0 Å². The van der Waals surface area contributed by atoms with Crippen molar-refractivity contribution < 1.29 is 14.7 Å². The number of hydrogen-bond donors (Lipinski definition) is 3. The third-order valence-electron chi connectivity index (χ3n) is 6.29. The van der Waals surface area contributed by atoms with Crippen molar-refractivity contribution in [2.75, 3.05) is 12.4 Å². The molecule has 0 spiro atoms. The standard InChI is InChI=1S/C26H28ClN5O3/c1-4-21(33)23(16-8-6-5-7-9-16)30-24(34)15(2)32-14-18-11-10-17(12-19(18)25(32)35)22-20(27)13-29-26(28-3)31-22/h5-13,15,21,23,33H,4,14H2,1-3H3,(H,30,34)(H,28,29,31). The van der Waals surface area contributed by atoms with Gasteiger partial charge in [0.05, 0.1) is 29.1 Å². The zero-order valence-corrected chi connectivity index (χ0v) is 20.6. The van der Waals surface area contributed by atoms with Gasteiger partial charge >= 0.3 is 0 Å². The fourth-order valence-electron chi connectivity index (χ4n) is 4.19. The predicted molar refractivity (Wildman–Crippen MR) is 135 cm³/mol. The minimum absolute atomic E-state index is 0.240. The van der Waals surface area contributed by atoms with Crippen molar-refractivity contribution in [1.29, 1.82) is 0 Å². The van der Waals surface area contributed by atoms with Crippen molar-refractivity contribution >= 4 is 29.4 Å². The van der Waals surface area contributed by atoms with Gasteiger partial charge in [-0.05, 0) is 30.5 Å². The van der Waals surface area contributed by atoms with Gasteiger partial charge in [-0.25, -0.2) is 9.97 Å². The predicted octanol–water partition coefficient (Wildman–Crippen LogP) is 3.81. The molecule has 3 unspecified atom stereocenters. The number of nitrogens with one attached hydrogen (secondary N) is 2. The molecule has 1 aliphatic heterocycles. The lowest BCUT2D eigenvalue weighted by atomic mass is 9.99.